The highest BCUT2D eigenvalue weighted by molar-refractivity contribution is 5.32. The van der Waals surface area contributed by atoms with Gasteiger partial charge in [-0.25, -0.2) is 0 Å². The van der Waals surface area contributed by atoms with Gasteiger partial charge in [0.1, 0.15) is 0 Å². The van der Waals surface area contributed by atoms with Crippen molar-refractivity contribution in [1.82, 2.24) is 0 Å². The van der Waals surface area contributed by atoms with E-state index in [1.165, 1.54) is 94.6 Å². The van der Waals surface area contributed by atoms with Crippen molar-refractivity contribution in [2.75, 3.05) is 0 Å². The molecule has 0 aliphatic heterocycles. The highest BCUT2D eigenvalue weighted by Crippen LogP contribution is 2.18. The van der Waals surface area contributed by atoms with E-state index in [0.29, 0.717) is 0 Å². The van der Waals surface area contributed by atoms with Crippen LogP contribution in [-0.4, -0.2) is 0 Å². The number of hydrogen-bond donors (Lipinski definition) is 0. The first kappa shape index (κ1) is 21.7. The highest BCUT2D eigenvalue weighted by Gasteiger charge is 2.03. The second-order valence-electron chi connectivity index (χ2n) is 8.07. The molecule has 0 aromatic heterocycles. The van der Waals surface area contributed by atoms with Gasteiger partial charge in [-0.2, -0.15) is 0 Å². The first-order chi connectivity index (χ1) is 13.4. The second kappa shape index (κ2) is 14.5. The van der Waals surface area contributed by atoms with Crippen molar-refractivity contribution < 1.29 is 0 Å². The fourth-order valence-corrected chi connectivity index (χ4v) is 3.95. The molecule has 2 aromatic carbocycles. The Labute approximate surface area is 168 Å². The third-order valence-electron chi connectivity index (χ3n) is 5.66. The summed E-state index contributed by atoms with van der Waals surface area (Å²) in [6.45, 7) is 2.29. The van der Waals surface area contributed by atoms with E-state index in [2.05, 4.69) is 61.5 Å². The van der Waals surface area contributed by atoms with Crippen molar-refractivity contribution in [1.29, 1.82) is 0 Å². The minimum absolute atomic E-state index is 1.06. The van der Waals surface area contributed by atoms with Crippen LogP contribution >= 0.6 is 0 Å². The van der Waals surface area contributed by atoms with Crippen LogP contribution in [0.5, 0.6) is 0 Å². The zero-order valence-corrected chi connectivity index (χ0v) is 17.6. The molecule has 0 heterocycles. The van der Waals surface area contributed by atoms with Crippen molar-refractivity contribution in [2.45, 2.75) is 96.8 Å². The number of unbranched alkanes of at least 4 members (excludes halogenated alkanes) is 11. The minimum atomic E-state index is 1.06. The van der Waals surface area contributed by atoms with Gasteiger partial charge in [0.15, 0.2) is 0 Å². The monoisotopic (exact) mass is 364 g/mol. The van der Waals surface area contributed by atoms with Gasteiger partial charge < -0.3 is 0 Å². The quantitative estimate of drug-likeness (QED) is 0.278. The average molecular weight is 365 g/mol. The minimum Gasteiger partial charge on any atom is -0.0654 e. The first-order valence-electron chi connectivity index (χ1n) is 11.5. The highest BCUT2D eigenvalue weighted by atomic mass is 14.1. The average Bonchev–Trinajstić information content (AvgIpc) is 2.71. The molecule has 2 rings (SSSR count). The predicted octanol–water partition coefficient (Wildman–Crippen LogP) is 8.52. The molecule has 27 heavy (non-hydrogen) atoms. The molecule has 0 atom stereocenters. The van der Waals surface area contributed by atoms with Gasteiger partial charge in [0.25, 0.3) is 0 Å². The Balaban J connectivity index is 1.54. The molecule has 0 heteroatoms. The summed E-state index contributed by atoms with van der Waals surface area (Å²) in [6.07, 6.45) is 19.4. The van der Waals surface area contributed by atoms with Crippen LogP contribution in [0.25, 0.3) is 0 Å². The molecule has 0 amide bonds. The Kier molecular flexibility index (Phi) is 11.7. The number of benzene rings is 2. The van der Waals surface area contributed by atoms with Gasteiger partial charge >= 0.3 is 0 Å². The van der Waals surface area contributed by atoms with Crippen molar-refractivity contribution >= 4 is 0 Å². The summed E-state index contributed by atoms with van der Waals surface area (Å²) in [4.78, 5) is 0. The van der Waals surface area contributed by atoms with Crippen LogP contribution in [-0.2, 0) is 12.8 Å². The maximum absolute atomic E-state index is 2.33. The summed E-state index contributed by atoms with van der Waals surface area (Å²) in [7, 11) is 0. The van der Waals surface area contributed by atoms with Crippen LogP contribution in [0.15, 0.2) is 54.6 Å². The van der Waals surface area contributed by atoms with Gasteiger partial charge in [-0.05, 0) is 36.0 Å². The molecule has 2 aromatic rings. The van der Waals surface area contributed by atoms with Gasteiger partial charge in [0.05, 0.1) is 0 Å². The maximum Gasteiger partial charge on any atom is -0.00230 e. The molecule has 0 radical (unpaired) electrons. The summed E-state index contributed by atoms with van der Waals surface area (Å²) in [6, 6.07) is 19.9. The molecule has 148 valence electrons. The van der Waals surface area contributed by atoms with Crippen molar-refractivity contribution in [2.24, 2.45) is 0 Å². The van der Waals surface area contributed by atoms with E-state index in [4.69, 9.17) is 0 Å². The molecule has 0 N–H and O–H groups in total. The molecular formula is C27H40. The summed E-state index contributed by atoms with van der Waals surface area (Å²) in [5, 5.41) is 0. The van der Waals surface area contributed by atoms with E-state index in [-0.39, 0.29) is 0 Å². The molecule has 0 aliphatic rings. The molecule has 0 bridgehead atoms. The molecule has 0 aliphatic carbocycles. The normalized spacial score (nSPS) is 11.0. The first-order valence-corrected chi connectivity index (χ1v) is 11.5. The van der Waals surface area contributed by atoms with Gasteiger partial charge in [0.2, 0.25) is 0 Å². The smallest absolute Gasteiger partial charge is 0.00230 e. The summed E-state index contributed by atoms with van der Waals surface area (Å²) >= 11 is 0. The van der Waals surface area contributed by atoms with Gasteiger partial charge in [-0.15, -0.1) is 0 Å². The number of rotatable bonds is 15. The lowest BCUT2D eigenvalue weighted by molar-refractivity contribution is 0.544. The Morgan fingerprint density at radius 1 is 0.481 bits per heavy atom. The number of hydrogen-bond acceptors (Lipinski definition) is 0. The van der Waals surface area contributed by atoms with Crippen LogP contribution in [0.4, 0.5) is 0 Å². The third-order valence-corrected chi connectivity index (χ3v) is 5.66. The van der Waals surface area contributed by atoms with Crippen molar-refractivity contribution in [3.05, 3.63) is 71.3 Å². The van der Waals surface area contributed by atoms with Crippen LogP contribution in [0.1, 0.15) is 101 Å². The topological polar surface area (TPSA) is 0 Å². The molecule has 0 spiro atoms. The van der Waals surface area contributed by atoms with E-state index in [9.17, 15) is 0 Å². The van der Waals surface area contributed by atoms with E-state index < -0.39 is 0 Å². The van der Waals surface area contributed by atoms with Crippen LogP contribution < -0.4 is 0 Å². The largest absolute Gasteiger partial charge is 0.0654 e. The standard InChI is InChI=1S/C27H40/c1-2-3-4-5-6-7-8-9-10-11-12-16-21-26-22-17-18-23-27(26)24-25-19-14-13-15-20-25/h13-15,17-20,22-23H,2-12,16,21,24H2,1H3. The zero-order valence-electron chi connectivity index (χ0n) is 17.6. The summed E-state index contributed by atoms with van der Waals surface area (Å²) in [5.74, 6) is 0. The second-order valence-corrected chi connectivity index (χ2v) is 8.07. The molecule has 0 unspecified atom stereocenters. The Morgan fingerprint density at radius 2 is 0.963 bits per heavy atom. The van der Waals surface area contributed by atoms with Gasteiger partial charge in [-0.1, -0.05) is 132 Å². The zero-order chi connectivity index (χ0) is 19.0. The molecule has 0 saturated heterocycles. The summed E-state index contributed by atoms with van der Waals surface area (Å²) < 4.78 is 0. The van der Waals surface area contributed by atoms with Crippen molar-refractivity contribution in [3.63, 3.8) is 0 Å². The lowest BCUT2D eigenvalue weighted by atomic mass is 9.96. The lowest BCUT2D eigenvalue weighted by Crippen LogP contribution is -1.96. The van der Waals surface area contributed by atoms with E-state index in [0.717, 1.165) is 6.42 Å². The van der Waals surface area contributed by atoms with Crippen molar-refractivity contribution in [3.8, 4) is 0 Å². The van der Waals surface area contributed by atoms with Crippen LogP contribution in [0.3, 0.4) is 0 Å². The SMILES string of the molecule is CCCCCCCCCCCCCCc1ccccc1Cc1ccccc1. The fraction of sp³-hybridized carbons (Fsp3) is 0.556. The van der Waals surface area contributed by atoms with E-state index >= 15 is 0 Å². The van der Waals surface area contributed by atoms with Gasteiger partial charge in [-0.3, -0.25) is 0 Å². The fourth-order valence-electron chi connectivity index (χ4n) is 3.95. The molecular weight excluding hydrogens is 324 g/mol. The summed E-state index contributed by atoms with van der Waals surface area (Å²) in [5.41, 5.74) is 4.47. The van der Waals surface area contributed by atoms with Crippen LogP contribution in [0.2, 0.25) is 0 Å². The Bertz CT molecular complexity index is 584. The van der Waals surface area contributed by atoms with E-state index in [1.54, 1.807) is 5.56 Å². The Hall–Kier alpha value is -1.56. The van der Waals surface area contributed by atoms with E-state index in [1.807, 2.05) is 0 Å². The Morgan fingerprint density at radius 3 is 1.56 bits per heavy atom. The lowest BCUT2D eigenvalue weighted by Gasteiger charge is -2.10. The molecule has 0 fully saturated rings. The number of aryl methyl sites for hydroxylation is 1. The third kappa shape index (κ3) is 9.80. The maximum atomic E-state index is 2.33. The predicted molar refractivity (Wildman–Crippen MR) is 120 cm³/mol. The molecule has 0 saturated carbocycles. The van der Waals surface area contributed by atoms with Crippen LogP contribution in [0, 0.1) is 0 Å². The molecule has 0 nitrogen and oxygen atoms in total. The van der Waals surface area contributed by atoms with Gasteiger partial charge in [0, 0.05) is 0 Å².